The quantitative estimate of drug-likeness (QED) is 0.500. The van der Waals surface area contributed by atoms with Gasteiger partial charge in [-0.3, -0.25) is 0 Å². The Hall–Kier alpha value is -1.54. The lowest BCUT2D eigenvalue weighted by Crippen LogP contribution is -2.26. The Kier molecular flexibility index (Phi) is 10.3. The lowest BCUT2D eigenvalue weighted by atomic mass is 10.1. The second kappa shape index (κ2) is 11.9. The molecule has 0 spiro atoms. The number of hydrogen-bond donors (Lipinski definition) is 2. The van der Waals surface area contributed by atoms with Crippen LogP contribution in [0.4, 0.5) is 9.59 Å². The zero-order chi connectivity index (χ0) is 18.7. The summed E-state index contributed by atoms with van der Waals surface area (Å²) >= 11 is 0. The first kappa shape index (κ1) is 21.5. The van der Waals surface area contributed by atoms with Gasteiger partial charge in [0.05, 0.1) is 12.7 Å². The summed E-state index contributed by atoms with van der Waals surface area (Å²) in [4.78, 5) is 23.3. The zero-order valence-electron chi connectivity index (χ0n) is 15.0. The highest BCUT2D eigenvalue weighted by atomic mass is 16.7. The normalized spacial score (nSPS) is 23.0. The molecule has 0 aromatic carbocycles. The predicted molar refractivity (Wildman–Crippen MR) is 88.1 cm³/mol. The second-order valence-corrected chi connectivity index (χ2v) is 6.19. The summed E-state index contributed by atoms with van der Waals surface area (Å²) in [7, 11) is 0. The monoisotopic (exact) mass is 362 g/mol. The van der Waals surface area contributed by atoms with Gasteiger partial charge in [0.1, 0.15) is 24.9 Å². The Morgan fingerprint density at radius 1 is 1.00 bits per heavy atom. The van der Waals surface area contributed by atoms with Crippen LogP contribution in [0.2, 0.25) is 0 Å². The summed E-state index contributed by atoms with van der Waals surface area (Å²) in [6, 6.07) is 0. The smallest absolute Gasteiger partial charge is 0.432 e. The zero-order valence-corrected chi connectivity index (χ0v) is 15.0. The molecule has 0 aromatic rings. The Morgan fingerprint density at radius 3 is 2.12 bits per heavy atom. The van der Waals surface area contributed by atoms with Gasteiger partial charge in [0.25, 0.3) is 0 Å². The number of carbonyl (C=O) groups excluding carboxylic acids is 2. The molecule has 2 N–H and O–H groups in total. The molecule has 0 bridgehead atoms. The van der Waals surface area contributed by atoms with Crippen molar-refractivity contribution < 1.29 is 38.7 Å². The van der Waals surface area contributed by atoms with Crippen molar-refractivity contribution in [2.24, 2.45) is 0 Å². The van der Waals surface area contributed by atoms with Crippen molar-refractivity contribution in [1.82, 2.24) is 0 Å². The summed E-state index contributed by atoms with van der Waals surface area (Å²) in [6.07, 6.45) is 0.797. The van der Waals surface area contributed by atoms with Gasteiger partial charge in [-0.15, -0.1) is 0 Å². The molecule has 25 heavy (non-hydrogen) atoms. The highest BCUT2D eigenvalue weighted by Crippen LogP contribution is 2.23. The van der Waals surface area contributed by atoms with Crippen LogP contribution in [-0.4, -0.2) is 60.2 Å². The maximum atomic E-state index is 11.7. The maximum absolute atomic E-state index is 11.7. The molecule has 1 saturated carbocycles. The van der Waals surface area contributed by atoms with Crippen LogP contribution < -0.4 is 0 Å². The van der Waals surface area contributed by atoms with Crippen molar-refractivity contribution in [2.75, 3.05) is 13.2 Å². The largest absolute Gasteiger partial charge is 0.508 e. The third kappa shape index (κ3) is 8.92. The van der Waals surface area contributed by atoms with E-state index in [1.165, 1.54) is 0 Å². The van der Waals surface area contributed by atoms with Gasteiger partial charge >= 0.3 is 12.3 Å². The molecule has 0 saturated heterocycles. The van der Waals surface area contributed by atoms with E-state index in [0.717, 1.165) is 6.42 Å². The first-order valence-corrected chi connectivity index (χ1v) is 8.98. The van der Waals surface area contributed by atoms with Gasteiger partial charge in [0, 0.05) is 0 Å². The molecule has 0 amide bonds. The van der Waals surface area contributed by atoms with E-state index >= 15 is 0 Å². The molecule has 1 rings (SSSR count). The second-order valence-electron chi connectivity index (χ2n) is 6.19. The minimum absolute atomic E-state index is 0.0803. The van der Waals surface area contributed by atoms with Gasteiger partial charge in [0.15, 0.2) is 0 Å². The molecule has 8 nitrogen and oxygen atoms in total. The van der Waals surface area contributed by atoms with Crippen LogP contribution in [0, 0.1) is 0 Å². The highest BCUT2D eigenvalue weighted by Gasteiger charge is 2.25. The number of hydrogen-bond acceptors (Lipinski definition) is 8. The lowest BCUT2D eigenvalue weighted by molar-refractivity contribution is -0.0235. The van der Waals surface area contributed by atoms with Crippen molar-refractivity contribution in [3.8, 4) is 0 Å². The topological polar surface area (TPSA) is 112 Å². The molecular formula is C17H30O8. The SMILES string of the molecule is CCC(O)COC(=O)OC1CCCC(OC(=O)OC(CC)CO)CC1. The Bertz CT molecular complexity index is 396. The number of rotatable bonds is 8. The van der Waals surface area contributed by atoms with Crippen molar-refractivity contribution in [3.05, 3.63) is 0 Å². The number of aliphatic hydroxyl groups is 2. The molecule has 1 aliphatic carbocycles. The average Bonchev–Trinajstić information content (AvgIpc) is 2.82. The van der Waals surface area contributed by atoms with Gasteiger partial charge in [0.2, 0.25) is 0 Å². The van der Waals surface area contributed by atoms with Crippen LogP contribution >= 0.6 is 0 Å². The van der Waals surface area contributed by atoms with Gasteiger partial charge in [-0.2, -0.15) is 0 Å². The molecule has 0 aliphatic heterocycles. The third-order valence-electron chi connectivity index (χ3n) is 4.18. The average molecular weight is 362 g/mol. The minimum Gasteiger partial charge on any atom is -0.432 e. The minimum atomic E-state index is -0.787. The van der Waals surface area contributed by atoms with E-state index in [1.54, 1.807) is 13.8 Å². The van der Waals surface area contributed by atoms with E-state index in [1.807, 2.05) is 0 Å². The van der Waals surface area contributed by atoms with Crippen molar-refractivity contribution in [1.29, 1.82) is 0 Å². The number of aliphatic hydroxyl groups excluding tert-OH is 2. The van der Waals surface area contributed by atoms with Crippen molar-refractivity contribution in [3.63, 3.8) is 0 Å². The molecule has 4 atom stereocenters. The standard InChI is InChI=1S/C17H30O8/c1-3-12(19)11-22-16(20)24-14-6-5-7-15(9-8-14)25-17(21)23-13(4-2)10-18/h12-15,18-19H,3-11H2,1-2H3. The van der Waals surface area contributed by atoms with Gasteiger partial charge in [-0.25, -0.2) is 9.59 Å². The first-order valence-electron chi connectivity index (χ1n) is 8.98. The summed E-state index contributed by atoms with van der Waals surface area (Å²) < 4.78 is 20.4. The van der Waals surface area contributed by atoms with Crippen molar-refractivity contribution >= 4 is 12.3 Å². The molecule has 146 valence electrons. The fourth-order valence-electron chi connectivity index (χ4n) is 2.47. The highest BCUT2D eigenvalue weighted by molar-refractivity contribution is 5.60. The van der Waals surface area contributed by atoms with Crippen LogP contribution in [0.1, 0.15) is 58.8 Å². The molecule has 0 radical (unpaired) electrons. The molecular weight excluding hydrogens is 332 g/mol. The van der Waals surface area contributed by atoms with Crippen LogP contribution in [-0.2, 0) is 18.9 Å². The number of carbonyl (C=O) groups is 2. The summed E-state index contributed by atoms with van der Waals surface area (Å²) in [5.41, 5.74) is 0. The first-order chi connectivity index (χ1) is 12.0. The van der Waals surface area contributed by atoms with E-state index in [0.29, 0.717) is 38.5 Å². The molecule has 0 heterocycles. The Morgan fingerprint density at radius 2 is 1.60 bits per heavy atom. The Balaban J connectivity index is 2.31. The van der Waals surface area contributed by atoms with E-state index in [9.17, 15) is 14.7 Å². The summed E-state index contributed by atoms with van der Waals surface area (Å²) in [5.74, 6) is 0. The van der Waals surface area contributed by atoms with Crippen LogP contribution in [0.5, 0.6) is 0 Å². The molecule has 0 aromatic heterocycles. The molecule has 1 aliphatic rings. The fraction of sp³-hybridized carbons (Fsp3) is 0.882. The molecule has 4 unspecified atom stereocenters. The molecule has 1 fully saturated rings. The van der Waals surface area contributed by atoms with Gasteiger partial charge < -0.3 is 29.2 Å². The third-order valence-corrected chi connectivity index (χ3v) is 4.18. The predicted octanol–water partition coefficient (Wildman–Crippen LogP) is 2.54. The summed E-state index contributed by atoms with van der Waals surface area (Å²) in [6.45, 7) is 3.28. The Labute approximate surface area is 148 Å². The number of ether oxygens (including phenoxy) is 4. The van der Waals surface area contributed by atoms with E-state index in [-0.39, 0.29) is 25.4 Å². The lowest BCUT2D eigenvalue weighted by Gasteiger charge is -2.18. The van der Waals surface area contributed by atoms with Gasteiger partial charge in [-0.05, 0) is 44.9 Å². The van der Waals surface area contributed by atoms with Crippen LogP contribution in [0.25, 0.3) is 0 Å². The fourth-order valence-corrected chi connectivity index (χ4v) is 2.47. The maximum Gasteiger partial charge on any atom is 0.508 e. The van der Waals surface area contributed by atoms with Gasteiger partial charge in [-0.1, -0.05) is 13.8 Å². The van der Waals surface area contributed by atoms with E-state index in [2.05, 4.69) is 0 Å². The molecule has 8 heteroatoms. The van der Waals surface area contributed by atoms with Crippen LogP contribution in [0.15, 0.2) is 0 Å². The van der Waals surface area contributed by atoms with E-state index in [4.69, 9.17) is 24.1 Å². The van der Waals surface area contributed by atoms with Crippen molar-refractivity contribution in [2.45, 2.75) is 83.2 Å². The van der Waals surface area contributed by atoms with Crippen LogP contribution in [0.3, 0.4) is 0 Å². The van der Waals surface area contributed by atoms with E-state index < -0.39 is 24.5 Å². The summed E-state index contributed by atoms with van der Waals surface area (Å²) in [5, 5.41) is 18.4.